The van der Waals surface area contributed by atoms with Crippen molar-refractivity contribution in [3.63, 3.8) is 0 Å². The van der Waals surface area contributed by atoms with Gasteiger partial charge in [0, 0.05) is 22.8 Å². The molecule has 0 bridgehead atoms. The molecule has 5 rings (SSSR count). The molecule has 1 aromatic heterocycles. The topological polar surface area (TPSA) is 78.0 Å². The van der Waals surface area contributed by atoms with Crippen LogP contribution < -0.4 is 4.74 Å². The molecule has 7 nitrogen and oxygen atoms in total. The van der Waals surface area contributed by atoms with Gasteiger partial charge in [-0.15, -0.1) is 0 Å². The van der Waals surface area contributed by atoms with Crippen molar-refractivity contribution in [2.24, 2.45) is 0 Å². The highest BCUT2D eigenvalue weighted by molar-refractivity contribution is 6.29. The summed E-state index contributed by atoms with van der Waals surface area (Å²) in [7, 11) is 2.54. The van der Waals surface area contributed by atoms with E-state index >= 15 is 4.39 Å². The zero-order chi connectivity index (χ0) is 36.0. The Kier molecular flexibility index (Phi) is 9.57. The number of aromatic nitrogens is 1. The molecule has 1 amide bonds. The summed E-state index contributed by atoms with van der Waals surface area (Å²) in [6.07, 6.45) is -12.7. The number of esters is 1. The number of pyridine rings is 1. The smallest absolute Gasteiger partial charge is 0.416 e. The number of aryl methyl sites for hydroxylation is 1. The minimum atomic E-state index is -5.10. The Hall–Kier alpha value is -4.85. The van der Waals surface area contributed by atoms with Crippen molar-refractivity contribution in [1.29, 1.82) is 0 Å². The van der Waals surface area contributed by atoms with E-state index in [9.17, 15) is 35.9 Å². The van der Waals surface area contributed by atoms with E-state index in [4.69, 9.17) is 25.8 Å². The molecule has 0 N–H and O–H groups in total. The number of methoxy groups -OCH3 is 2. The van der Waals surface area contributed by atoms with Gasteiger partial charge in [0.2, 0.25) is 0 Å². The van der Waals surface area contributed by atoms with E-state index in [0.717, 1.165) is 11.0 Å². The number of carbonyl (C=O) groups is 2. The Morgan fingerprint density at radius 3 is 2.10 bits per heavy atom. The fourth-order valence-electron chi connectivity index (χ4n) is 5.66. The van der Waals surface area contributed by atoms with Crippen LogP contribution in [0.3, 0.4) is 0 Å². The molecule has 0 aliphatic carbocycles. The Bertz CT molecular complexity index is 1920. The molecule has 258 valence electrons. The van der Waals surface area contributed by atoms with Gasteiger partial charge in [0.25, 0.3) is 0 Å². The first kappa shape index (κ1) is 35.5. The summed E-state index contributed by atoms with van der Waals surface area (Å²) in [6, 6.07) is 10.1. The van der Waals surface area contributed by atoms with Crippen molar-refractivity contribution in [2.45, 2.75) is 44.9 Å². The molecule has 3 aromatic carbocycles. The first-order valence-electron chi connectivity index (χ1n) is 14.4. The molecule has 15 heteroatoms. The number of rotatable bonds is 7. The zero-order valence-corrected chi connectivity index (χ0v) is 26.9. The number of cyclic esters (lactones) is 1. The van der Waals surface area contributed by atoms with Crippen LogP contribution in [-0.2, 0) is 28.4 Å². The summed E-state index contributed by atoms with van der Waals surface area (Å²) in [4.78, 5) is 30.5. The Morgan fingerprint density at radius 2 is 1.53 bits per heavy atom. The monoisotopic (exact) mass is 710 g/mol. The van der Waals surface area contributed by atoms with Crippen LogP contribution >= 0.6 is 11.6 Å². The van der Waals surface area contributed by atoms with Gasteiger partial charge in [0.15, 0.2) is 0 Å². The van der Waals surface area contributed by atoms with Gasteiger partial charge in [0.1, 0.15) is 22.8 Å². The maximum absolute atomic E-state index is 15.5. The highest BCUT2D eigenvalue weighted by atomic mass is 35.5. The summed E-state index contributed by atoms with van der Waals surface area (Å²) in [5.74, 6) is -1.15. The van der Waals surface area contributed by atoms with Crippen molar-refractivity contribution in [3.8, 4) is 28.0 Å². The van der Waals surface area contributed by atoms with E-state index in [-0.39, 0.29) is 40.3 Å². The van der Waals surface area contributed by atoms with Crippen LogP contribution in [0.1, 0.15) is 51.3 Å². The molecule has 0 radical (unpaired) electrons. The molecular formula is C34H26ClF7N2O5. The highest BCUT2D eigenvalue weighted by Gasteiger charge is 2.43. The van der Waals surface area contributed by atoms with Gasteiger partial charge in [-0.25, -0.2) is 19.0 Å². The van der Waals surface area contributed by atoms with Gasteiger partial charge in [-0.2, -0.15) is 26.3 Å². The Balaban J connectivity index is 1.55. The molecule has 0 spiro atoms. The number of hydrogen-bond donors (Lipinski definition) is 0. The summed E-state index contributed by atoms with van der Waals surface area (Å²) in [5.41, 5.74) is -1.43. The Morgan fingerprint density at radius 1 is 0.898 bits per heavy atom. The van der Waals surface area contributed by atoms with Crippen molar-refractivity contribution in [3.05, 3.63) is 105 Å². The van der Waals surface area contributed by atoms with Gasteiger partial charge in [-0.1, -0.05) is 17.7 Å². The lowest BCUT2D eigenvalue weighted by Crippen LogP contribution is -2.32. The van der Waals surface area contributed by atoms with Gasteiger partial charge in [-0.05, 0) is 79.1 Å². The van der Waals surface area contributed by atoms with Crippen molar-refractivity contribution >= 4 is 23.7 Å². The van der Waals surface area contributed by atoms with E-state index < -0.39 is 59.1 Å². The lowest BCUT2D eigenvalue weighted by atomic mass is 9.93. The van der Waals surface area contributed by atoms with E-state index in [1.165, 1.54) is 39.3 Å². The number of alkyl halides is 6. The molecule has 1 aliphatic heterocycles. The van der Waals surface area contributed by atoms with Crippen molar-refractivity contribution in [1.82, 2.24) is 9.88 Å². The third-order valence-electron chi connectivity index (χ3n) is 8.11. The molecular weight excluding hydrogens is 685 g/mol. The van der Waals surface area contributed by atoms with E-state index in [1.807, 2.05) is 0 Å². The number of ether oxygens (including phenoxy) is 3. The first-order chi connectivity index (χ1) is 22.9. The fourth-order valence-corrected chi connectivity index (χ4v) is 5.82. The molecule has 1 fully saturated rings. The number of hydrogen-bond acceptors (Lipinski definition) is 6. The number of nitrogens with zero attached hydrogens (tertiary/aromatic N) is 2. The maximum Gasteiger partial charge on any atom is 0.416 e. The summed E-state index contributed by atoms with van der Waals surface area (Å²) >= 11 is 6.22. The standard InChI is InChI=1S/C34H26ClF7N2O5/c1-16-9-18(31(45)48-4)5-6-22(16)24-13-25(28(47-3)14-26(24)36)23-7-8-29(35)43-27(23)15-44-17(2)30(49-32(44)46)19-10-20(33(37,38)39)12-21(11-19)34(40,41)42/h5-14,17,30H,15H2,1-4H3/t17-,30-/m0/s1. The molecule has 49 heavy (non-hydrogen) atoms. The molecule has 0 unspecified atom stereocenters. The van der Waals surface area contributed by atoms with Gasteiger partial charge < -0.3 is 14.2 Å². The normalized spacial score (nSPS) is 16.5. The lowest BCUT2D eigenvalue weighted by Gasteiger charge is -2.23. The van der Waals surface area contributed by atoms with E-state index in [0.29, 0.717) is 34.4 Å². The van der Waals surface area contributed by atoms with Gasteiger partial charge in [-0.3, -0.25) is 4.90 Å². The zero-order valence-electron chi connectivity index (χ0n) is 26.1. The maximum atomic E-state index is 15.5. The van der Waals surface area contributed by atoms with E-state index in [2.05, 4.69) is 4.98 Å². The SMILES string of the molecule is COC(=O)c1ccc(-c2cc(-c3ccc(Cl)nc3CN3C(=O)O[C@H](c4cc(C(F)(F)F)cc(C(F)(F)F)c4)[C@@H]3C)c(OC)cc2F)c(C)c1. The minimum absolute atomic E-state index is 0.00115. The summed E-state index contributed by atoms with van der Waals surface area (Å²) in [6.45, 7) is 2.74. The largest absolute Gasteiger partial charge is 0.496 e. The van der Waals surface area contributed by atoms with Gasteiger partial charge in [0.05, 0.1) is 49.2 Å². The van der Waals surface area contributed by atoms with Crippen molar-refractivity contribution in [2.75, 3.05) is 14.2 Å². The van der Waals surface area contributed by atoms with Crippen LogP contribution in [0.25, 0.3) is 22.3 Å². The third kappa shape index (κ3) is 7.14. The first-order valence-corrected chi connectivity index (χ1v) is 14.8. The van der Waals surface area contributed by atoms with Crippen LogP contribution in [0, 0.1) is 12.7 Å². The molecule has 1 aliphatic rings. The predicted molar refractivity (Wildman–Crippen MR) is 163 cm³/mol. The molecule has 2 heterocycles. The van der Waals surface area contributed by atoms with Crippen LogP contribution in [0.15, 0.2) is 60.7 Å². The quantitative estimate of drug-likeness (QED) is 0.108. The summed E-state index contributed by atoms with van der Waals surface area (Å²) in [5, 5.41) is -0.00115. The fraction of sp³-hybridized carbons (Fsp3) is 0.265. The van der Waals surface area contributed by atoms with E-state index in [1.54, 1.807) is 25.1 Å². The Labute approximate surface area is 280 Å². The van der Waals surface area contributed by atoms with Crippen LogP contribution in [0.4, 0.5) is 35.5 Å². The van der Waals surface area contributed by atoms with Crippen molar-refractivity contribution < 1.29 is 54.5 Å². The second-order valence-corrected chi connectivity index (χ2v) is 11.6. The second kappa shape index (κ2) is 13.2. The van der Waals surface area contributed by atoms with Crippen LogP contribution in [-0.4, -0.2) is 42.2 Å². The van der Waals surface area contributed by atoms with Gasteiger partial charge >= 0.3 is 24.4 Å². The molecule has 0 saturated carbocycles. The average Bonchev–Trinajstić information content (AvgIpc) is 3.32. The predicted octanol–water partition coefficient (Wildman–Crippen LogP) is 9.43. The minimum Gasteiger partial charge on any atom is -0.496 e. The average molecular weight is 711 g/mol. The lowest BCUT2D eigenvalue weighted by molar-refractivity contribution is -0.143. The number of amides is 1. The third-order valence-corrected chi connectivity index (χ3v) is 8.32. The highest BCUT2D eigenvalue weighted by Crippen LogP contribution is 2.43. The summed E-state index contributed by atoms with van der Waals surface area (Å²) < 4.78 is 112. The second-order valence-electron chi connectivity index (χ2n) is 11.2. The number of benzene rings is 3. The number of carbonyl (C=O) groups excluding carboxylic acids is 2. The molecule has 4 aromatic rings. The van der Waals surface area contributed by atoms with Crippen LogP contribution in [0.2, 0.25) is 5.15 Å². The number of halogens is 8. The molecule has 2 atom stereocenters. The van der Waals surface area contributed by atoms with Crippen LogP contribution in [0.5, 0.6) is 5.75 Å². The molecule has 1 saturated heterocycles.